The molecule has 2 aromatic heterocycles. The van der Waals surface area contributed by atoms with Crippen LogP contribution in [-0.2, 0) is 0 Å². The lowest BCUT2D eigenvalue weighted by atomic mass is 10.1. The maximum atomic E-state index is 13.2. The van der Waals surface area contributed by atoms with Gasteiger partial charge in [0.05, 0.1) is 16.8 Å². The topological polar surface area (TPSA) is 30.7 Å². The zero-order chi connectivity index (χ0) is 15.1. The predicted octanol–water partition coefficient (Wildman–Crippen LogP) is 4.11. The van der Waals surface area contributed by atoms with Gasteiger partial charge in [-0.05, 0) is 44.2 Å². The number of benzene rings is 1. The number of nitrogens with zero attached hydrogens (tertiary/aromatic N) is 3. The van der Waals surface area contributed by atoms with Gasteiger partial charge in [-0.25, -0.2) is 22.8 Å². The summed E-state index contributed by atoms with van der Waals surface area (Å²) in [5.74, 6) is -0.371. The van der Waals surface area contributed by atoms with E-state index in [2.05, 4.69) is 10.1 Å². The van der Waals surface area contributed by atoms with Crippen LogP contribution in [0.4, 0.5) is 13.2 Å². The van der Waals surface area contributed by atoms with Crippen LogP contribution in [-0.4, -0.2) is 14.8 Å². The number of aryl methyl sites for hydroxylation is 2. The van der Waals surface area contributed by atoms with Gasteiger partial charge in [-0.2, -0.15) is 5.10 Å². The second kappa shape index (κ2) is 4.87. The van der Waals surface area contributed by atoms with Gasteiger partial charge < -0.3 is 0 Å². The van der Waals surface area contributed by atoms with E-state index in [1.807, 2.05) is 0 Å². The average Bonchev–Trinajstić information content (AvgIpc) is 2.76. The van der Waals surface area contributed by atoms with Crippen LogP contribution >= 0.6 is 0 Å². The van der Waals surface area contributed by atoms with Gasteiger partial charge in [-0.1, -0.05) is 0 Å². The summed E-state index contributed by atoms with van der Waals surface area (Å²) in [6.07, 6.45) is -2.60. The van der Waals surface area contributed by atoms with Crippen LogP contribution in [0.2, 0.25) is 0 Å². The largest absolute Gasteiger partial charge is 0.264 e. The molecule has 0 N–H and O–H groups in total. The maximum absolute atomic E-state index is 13.2. The minimum absolute atomic E-state index is 0.0802. The number of hydrogen-bond donors (Lipinski definition) is 0. The maximum Gasteiger partial charge on any atom is 0.264 e. The number of rotatable bonds is 2. The summed E-state index contributed by atoms with van der Waals surface area (Å²) >= 11 is 0. The van der Waals surface area contributed by atoms with Crippen molar-refractivity contribution >= 4 is 11.0 Å². The number of fused-ring (bicyclic) bond motifs is 1. The molecule has 6 heteroatoms. The Morgan fingerprint density at radius 2 is 1.76 bits per heavy atom. The molecular weight excluding hydrogens is 279 g/mol. The highest BCUT2D eigenvalue weighted by molar-refractivity contribution is 5.84. The van der Waals surface area contributed by atoms with Gasteiger partial charge in [0.15, 0.2) is 5.65 Å². The van der Waals surface area contributed by atoms with E-state index in [0.717, 1.165) is 0 Å². The molecule has 0 aliphatic heterocycles. The molecule has 2 heterocycles. The first kappa shape index (κ1) is 13.6. The quantitative estimate of drug-likeness (QED) is 0.711. The summed E-state index contributed by atoms with van der Waals surface area (Å²) in [6.45, 7) is 3.31. The van der Waals surface area contributed by atoms with E-state index in [4.69, 9.17) is 0 Å². The molecule has 108 valence electrons. The molecule has 21 heavy (non-hydrogen) atoms. The molecule has 0 aliphatic carbocycles. The minimum atomic E-state index is -2.60. The fourth-order valence-electron chi connectivity index (χ4n) is 2.39. The highest BCUT2D eigenvalue weighted by Gasteiger charge is 2.20. The molecule has 0 saturated heterocycles. The Kier molecular flexibility index (Phi) is 3.16. The third-order valence-corrected chi connectivity index (χ3v) is 3.28. The second-order valence-electron chi connectivity index (χ2n) is 4.83. The fraction of sp³-hybridized carbons (Fsp3) is 0.200. The van der Waals surface area contributed by atoms with Crippen LogP contribution in [0.5, 0.6) is 0 Å². The first-order valence-electron chi connectivity index (χ1n) is 6.38. The summed E-state index contributed by atoms with van der Waals surface area (Å²) in [5, 5.41) is 4.62. The molecule has 1 aromatic carbocycles. The third kappa shape index (κ3) is 2.26. The van der Waals surface area contributed by atoms with Crippen LogP contribution in [0.1, 0.15) is 23.4 Å². The summed E-state index contributed by atoms with van der Waals surface area (Å²) in [5.41, 5.74) is 1.81. The number of alkyl halides is 2. The summed E-state index contributed by atoms with van der Waals surface area (Å²) in [4.78, 5) is 4.31. The molecule has 0 aliphatic rings. The molecule has 3 nitrogen and oxygen atoms in total. The molecule has 3 aromatic rings. The Hall–Kier alpha value is -2.37. The Bertz CT molecular complexity index is 807. The molecule has 0 bridgehead atoms. The molecule has 0 saturated carbocycles. The average molecular weight is 291 g/mol. The van der Waals surface area contributed by atoms with Gasteiger partial charge in [-0.3, -0.25) is 0 Å². The van der Waals surface area contributed by atoms with Crippen molar-refractivity contribution < 1.29 is 13.2 Å². The van der Waals surface area contributed by atoms with Crippen molar-refractivity contribution in [2.45, 2.75) is 20.3 Å². The Morgan fingerprint density at radius 3 is 2.38 bits per heavy atom. The molecule has 0 radical (unpaired) electrons. The smallest absolute Gasteiger partial charge is 0.233 e. The van der Waals surface area contributed by atoms with Gasteiger partial charge in [0.25, 0.3) is 6.43 Å². The fourth-order valence-corrected chi connectivity index (χ4v) is 2.39. The van der Waals surface area contributed by atoms with Gasteiger partial charge in [0.1, 0.15) is 5.82 Å². The number of hydrogen-bond acceptors (Lipinski definition) is 2. The monoisotopic (exact) mass is 291 g/mol. The van der Waals surface area contributed by atoms with E-state index >= 15 is 0 Å². The lowest BCUT2D eigenvalue weighted by molar-refractivity contribution is 0.153. The van der Waals surface area contributed by atoms with E-state index in [1.54, 1.807) is 13.8 Å². The first-order chi connectivity index (χ1) is 9.97. The van der Waals surface area contributed by atoms with Gasteiger partial charge in [0, 0.05) is 11.3 Å². The zero-order valence-electron chi connectivity index (χ0n) is 11.4. The van der Waals surface area contributed by atoms with Crippen LogP contribution in [0.3, 0.4) is 0 Å². The van der Waals surface area contributed by atoms with Crippen molar-refractivity contribution in [3.05, 3.63) is 53.1 Å². The van der Waals surface area contributed by atoms with Gasteiger partial charge >= 0.3 is 0 Å². The Labute approximate surface area is 119 Å². The lowest BCUT2D eigenvalue weighted by Gasteiger charge is -2.06. The van der Waals surface area contributed by atoms with E-state index in [0.29, 0.717) is 28.1 Å². The van der Waals surface area contributed by atoms with E-state index in [9.17, 15) is 13.2 Å². The summed E-state index contributed by atoms with van der Waals surface area (Å²) < 4.78 is 40.9. The van der Waals surface area contributed by atoms with Gasteiger partial charge in [-0.15, -0.1) is 0 Å². The number of halogens is 3. The predicted molar refractivity (Wildman–Crippen MR) is 73.3 cm³/mol. The second-order valence-corrected chi connectivity index (χ2v) is 4.83. The zero-order valence-corrected chi connectivity index (χ0v) is 11.4. The van der Waals surface area contributed by atoms with E-state index < -0.39 is 6.43 Å². The summed E-state index contributed by atoms with van der Waals surface area (Å²) in [7, 11) is 0. The van der Waals surface area contributed by atoms with Gasteiger partial charge in [0.2, 0.25) is 0 Å². The van der Waals surface area contributed by atoms with E-state index in [-0.39, 0.29) is 11.4 Å². The molecule has 3 rings (SSSR count). The molecule has 0 fully saturated rings. The van der Waals surface area contributed by atoms with Crippen molar-refractivity contribution in [2.24, 2.45) is 0 Å². The molecule has 0 spiro atoms. The molecular formula is C15H12F3N3. The normalized spacial score (nSPS) is 11.5. The standard InChI is InChI=1S/C15H12F3N3/c1-8-7-12(14(17)18)13-9(2)20-21(15(13)19-8)11-5-3-10(16)4-6-11/h3-7,14H,1-2H3. The third-order valence-electron chi connectivity index (χ3n) is 3.28. The lowest BCUT2D eigenvalue weighted by Crippen LogP contribution is -1.99. The highest BCUT2D eigenvalue weighted by Crippen LogP contribution is 2.31. The van der Waals surface area contributed by atoms with E-state index in [1.165, 1.54) is 35.0 Å². The number of pyridine rings is 1. The Morgan fingerprint density at radius 1 is 1.10 bits per heavy atom. The van der Waals surface area contributed by atoms with Crippen LogP contribution < -0.4 is 0 Å². The van der Waals surface area contributed by atoms with Crippen molar-refractivity contribution in [1.29, 1.82) is 0 Å². The molecule has 0 unspecified atom stereocenters. The highest BCUT2D eigenvalue weighted by atomic mass is 19.3. The van der Waals surface area contributed by atoms with Crippen molar-refractivity contribution in [2.75, 3.05) is 0 Å². The molecule has 0 amide bonds. The van der Waals surface area contributed by atoms with Crippen molar-refractivity contribution in [3.63, 3.8) is 0 Å². The van der Waals surface area contributed by atoms with Crippen molar-refractivity contribution in [1.82, 2.24) is 14.8 Å². The first-order valence-corrected chi connectivity index (χ1v) is 6.38. The molecule has 0 atom stereocenters. The van der Waals surface area contributed by atoms with Crippen LogP contribution in [0.15, 0.2) is 30.3 Å². The number of aromatic nitrogens is 3. The Balaban J connectivity index is 2.33. The minimum Gasteiger partial charge on any atom is -0.233 e. The van der Waals surface area contributed by atoms with Crippen LogP contribution in [0, 0.1) is 19.7 Å². The SMILES string of the molecule is Cc1cc(C(F)F)c2c(C)nn(-c3ccc(F)cc3)c2n1. The van der Waals surface area contributed by atoms with Crippen LogP contribution in [0.25, 0.3) is 16.7 Å². The summed E-state index contributed by atoms with van der Waals surface area (Å²) in [6, 6.07) is 7.03. The van der Waals surface area contributed by atoms with Crippen molar-refractivity contribution in [3.8, 4) is 5.69 Å².